The predicted octanol–water partition coefficient (Wildman–Crippen LogP) is 4.18. The van der Waals surface area contributed by atoms with Crippen molar-refractivity contribution in [3.8, 4) is 5.75 Å². The standard InChI is InChI=1S/C9H6BrCl2F3O2/c10-6-3-4(17-9(13,14)15)1-2-5(6)7(16)8(11)12/h1-3,7-8,16H. The zero-order valence-corrected chi connectivity index (χ0v) is 11.1. The summed E-state index contributed by atoms with van der Waals surface area (Å²) < 4.78 is 39.7. The van der Waals surface area contributed by atoms with Gasteiger partial charge in [-0.15, -0.1) is 36.4 Å². The van der Waals surface area contributed by atoms with Crippen molar-refractivity contribution in [1.82, 2.24) is 0 Å². The SMILES string of the molecule is OC(c1ccc(OC(F)(F)F)cc1Br)C(Cl)Cl. The second kappa shape index (κ2) is 5.65. The van der Waals surface area contributed by atoms with Crippen LogP contribution in [0.1, 0.15) is 11.7 Å². The second-order valence-corrected chi connectivity index (χ2v) is 5.03. The van der Waals surface area contributed by atoms with Crippen molar-refractivity contribution in [3.63, 3.8) is 0 Å². The van der Waals surface area contributed by atoms with E-state index in [0.29, 0.717) is 0 Å². The smallest absolute Gasteiger partial charge is 0.406 e. The fourth-order valence-electron chi connectivity index (χ4n) is 1.08. The molecule has 0 aliphatic rings. The maximum absolute atomic E-state index is 11.9. The van der Waals surface area contributed by atoms with Crippen LogP contribution < -0.4 is 4.74 Å². The topological polar surface area (TPSA) is 29.5 Å². The van der Waals surface area contributed by atoms with E-state index in [1.165, 1.54) is 6.07 Å². The van der Waals surface area contributed by atoms with E-state index in [1.54, 1.807) is 0 Å². The van der Waals surface area contributed by atoms with Gasteiger partial charge >= 0.3 is 6.36 Å². The molecule has 0 saturated carbocycles. The fraction of sp³-hybridized carbons (Fsp3) is 0.333. The molecule has 1 aromatic rings. The van der Waals surface area contributed by atoms with Crippen LogP contribution in [0.3, 0.4) is 0 Å². The lowest BCUT2D eigenvalue weighted by atomic mass is 10.1. The Hall–Kier alpha value is -0.170. The molecule has 1 N–H and O–H groups in total. The first-order chi connectivity index (χ1) is 7.70. The Labute approximate surface area is 113 Å². The van der Waals surface area contributed by atoms with E-state index < -0.39 is 23.1 Å². The summed E-state index contributed by atoms with van der Waals surface area (Å²) in [7, 11) is 0. The number of aliphatic hydroxyl groups excluding tert-OH is 1. The Balaban J connectivity index is 2.94. The minimum atomic E-state index is -4.76. The number of ether oxygens (including phenoxy) is 1. The van der Waals surface area contributed by atoms with Crippen LogP contribution in [-0.2, 0) is 0 Å². The first kappa shape index (κ1) is 14.9. The van der Waals surface area contributed by atoms with Crippen LogP contribution in [0, 0.1) is 0 Å². The summed E-state index contributed by atoms with van der Waals surface area (Å²) in [6.07, 6.45) is -5.96. The summed E-state index contributed by atoms with van der Waals surface area (Å²) in [6, 6.07) is 3.38. The molecule has 1 unspecified atom stereocenters. The van der Waals surface area contributed by atoms with Gasteiger partial charge in [0.15, 0.2) is 0 Å². The molecule has 0 spiro atoms. The van der Waals surface area contributed by atoms with Crippen LogP contribution in [0.2, 0.25) is 0 Å². The lowest BCUT2D eigenvalue weighted by molar-refractivity contribution is -0.274. The van der Waals surface area contributed by atoms with E-state index >= 15 is 0 Å². The van der Waals surface area contributed by atoms with Crippen LogP contribution in [-0.4, -0.2) is 16.3 Å². The third kappa shape index (κ3) is 4.54. The molecule has 17 heavy (non-hydrogen) atoms. The number of hydrogen-bond donors (Lipinski definition) is 1. The maximum Gasteiger partial charge on any atom is 0.573 e. The third-order valence-electron chi connectivity index (χ3n) is 1.76. The summed E-state index contributed by atoms with van der Waals surface area (Å²) in [5.41, 5.74) is 0.273. The maximum atomic E-state index is 11.9. The first-order valence-corrected chi connectivity index (χ1v) is 5.88. The van der Waals surface area contributed by atoms with Gasteiger partial charge in [-0.3, -0.25) is 0 Å². The van der Waals surface area contributed by atoms with E-state index in [9.17, 15) is 18.3 Å². The van der Waals surface area contributed by atoms with Crippen molar-refractivity contribution in [2.24, 2.45) is 0 Å². The van der Waals surface area contributed by atoms with Gasteiger partial charge in [0.2, 0.25) is 0 Å². The highest BCUT2D eigenvalue weighted by atomic mass is 79.9. The van der Waals surface area contributed by atoms with Crippen molar-refractivity contribution >= 4 is 39.1 Å². The lowest BCUT2D eigenvalue weighted by Gasteiger charge is -2.15. The second-order valence-electron chi connectivity index (χ2n) is 3.01. The Morgan fingerprint density at radius 1 is 1.29 bits per heavy atom. The zero-order valence-electron chi connectivity index (χ0n) is 8.01. The van der Waals surface area contributed by atoms with E-state index in [4.69, 9.17) is 23.2 Å². The van der Waals surface area contributed by atoms with Gasteiger partial charge in [0, 0.05) is 4.47 Å². The van der Waals surface area contributed by atoms with Crippen LogP contribution in [0.25, 0.3) is 0 Å². The molecule has 0 aromatic heterocycles. The summed E-state index contributed by atoms with van der Waals surface area (Å²) in [5.74, 6) is -0.402. The minimum Gasteiger partial charge on any atom is -0.406 e. The number of halogens is 6. The average molecular weight is 354 g/mol. The van der Waals surface area contributed by atoms with Crippen molar-refractivity contribution in [2.75, 3.05) is 0 Å². The highest BCUT2D eigenvalue weighted by molar-refractivity contribution is 9.10. The molecule has 0 heterocycles. The summed E-state index contributed by atoms with van der Waals surface area (Å²) in [4.78, 5) is -1.08. The van der Waals surface area contributed by atoms with Gasteiger partial charge in [-0.25, -0.2) is 0 Å². The van der Waals surface area contributed by atoms with Crippen molar-refractivity contribution in [3.05, 3.63) is 28.2 Å². The molecular formula is C9H6BrCl2F3O2. The molecule has 0 aliphatic carbocycles. The van der Waals surface area contributed by atoms with Gasteiger partial charge in [-0.1, -0.05) is 22.0 Å². The van der Waals surface area contributed by atoms with E-state index in [1.807, 2.05) is 0 Å². The van der Waals surface area contributed by atoms with Crippen molar-refractivity contribution < 1.29 is 23.0 Å². The molecule has 96 valence electrons. The van der Waals surface area contributed by atoms with Gasteiger partial charge in [-0.2, -0.15) is 0 Å². The van der Waals surface area contributed by atoms with Gasteiger partial charge in [0.05, 0.1) is 0 Å². The third-order valence-corrected chi connectivity index (χ3v) is 2.93. The Morgan fingerprint density at radius 3 is 2.29 bits per heavy atom. The van der Waals surface area contributed by atoms with Crippen LogP contribution in [0.15, 0.2) is 22.7 Å². The summed E-state index contributed by atoms with van der Waals surface area (Å²) in [5, 5.41) is 9.55. The summed E-state index contributed by atoms with van der Waals surface area (Å²) in [6.45, 7) is 0. The molecular weight excluding hydrogens is 348 g/mol. The van der Waals surface area contributed by atoms with E-state index in [2.05, 4.69) is 20.7 Å². The molecule has 0 amide bonds. The predicted molar refractivity (Wildman–Crippen MR) is 61.3 cm³/mol. The molecule has 0 aliphatic heterocycles. The lowest BCUT2D eigenvalue weighted by Crippen LogP contribution is -2.17. The molecule has 0 saturated heterocycles. The normalized spacial score (nSPS) is 13.9. The average Bonchev–Trinajstić information content (AvgIpc) is 2.14. The first-order valence-electron chi connectivity index (χ1n) is 4.22. The zero-order chi connectivity index (χ0) is 13.2. The molecule has 8 heteroatoms. The van der Waals surface area contributed by atoms with Crippen LogP contribution >= 0.6 is 39.1 Å². The number of aliphatic hydroxyl groups is 1. The highest BCUT2D eigenvalue weighted by Gasteiger charge is 2.31. The number of rotatable bonds is 3. The van der Waals surface area contributed by atoms with Gasteiger partial charge < -0.3 is 9.84 Å². The van der Waals surface area contributed by atoms with Gasteiger partial charge in [-0.05, 0) is 17.7 Å². The molecule has 1 aromatic carbocycles. The summed E-state index contributed by atoms with van der Waals surface area (Å²) >= 11 is 13.9. The monoisotopic (exact) mass is 352 g/mol. The molecule has 0 fully saturated rings. The van der Waals surface area contributed by atoms with E-state index in [-0.39, 0.29) is 10.0 Å². The number of hydrogen-bond acceptors (Lipinski definition) is 2. The van der Waals surface area contributed by atoms with Crippen molar-refractivity contribution in [1.29, 1.82) is 0 Å². The van der Waals surface area contributed by atoms with Crippen molar-refractivity contribution in [2.45, 2.75) is 17.3 Å². The molecule has 2 nitrogen and oxygen atoms in total. The van der Waals surface area contributed by atoms with Crippen LogP contribution in [0.5, 0.6) is 5.75 Å². The number of benzene rings is 1. The highest BCUT2D eigenvalue weighted by Crippen LogP contribution is 2.33. The molecule has 0 bridgehead atoms. The molecule has 1 rings (SSSR count). The molecule has 1 atom stereocenters. The number of alkyl halides is 5. The fourth-order valence-corrected chi connectivity index (χ4v) is 1.94. The minimum absolute atomic E-state index is 0.220. The largest absolute Gasteiger partial charge is 0.573 e. The Morgan fingerprint density at radius 2 is 1.88 bits per heavy atom. The Kier molecular flexibility index (Phi) is 4.95. The van der Waals surface area contributed by atoms with Crippen LogP contribution in [0.4, 0.5) is 13.2 Å². The quantitative estimate of drug-likeness (QED) is 0.826. The Bertz CT molecular complexity index is 398. The van der Waals surface area contributed by atoms with E-state index in [0.717, 1.165) is 12.1 Å². The molecule has 0 radical (unpaired) electrons. The van der Waals surface area contributed by atoms with Gasteiger partial charge in [0.25, 0.3) is 0 Å². The van der Waals surface area contributed by atoms with Gasteiger partial charge in [0.1, 0.15) is 16.7 Å².